The summed E-state index contributed by atoms with van der Waals surface area (Å²) in [5.41, 5.74) is 7.70. The summed E-state index contributed by atoms with van der Waals surface area (Å²) in [7, 11) is 0. The molecule has 2 atom stereocenters. The molecule has 0 N–H and O–H groups in total. The molecule has 1 aliphatic carbocycles. The molecule has 3 aromatic heterocycles. The van der Waals surface area contributed by atoms with Crippen LogP contribution in [0, 0.1) is 26.0 Å². The number of hydrogen-bond donors (Lipinski definition) is 0. The van der Waals surface area contributed by atoms with E-state index in [0.29, 0.717) is 23.0 Å². The first-order valence-electron chi connectivity index (χ1n) is 18.3. The Kier molecular flexibility index (Phi) is 8.47. The maximum Gasteiger partial charge on any atom is 2.00 e. The molecule has 53 heavy (non-hydrogen) atoms. The number of rotatable bonds is 4. The standard InChI is InChI=1S/C46H48N4O2.Pt/c1-27-33(41-49-45(11)36-16-14-13-15-35(36)44(9,10)46(45,12)52-41)26-39(28(2)48-27)51-31-18-19-32-34-23-29(42(3,4)5)17-20-37(34)50(38(32)25-31)40-24-30(21-22-47-40)43(6,7)8;/h13-24H,1-12H3;/q-2;+2/t45-,46+;/m1./s1. The summed E-state index contributed by atoms with van der Waals surface area (Å²) in [6.45, 7) is 26.2. The molecule has 1 aliphatic heterocycles. The first kappa shape index (κ1) is 37.1. The molecule has 6 aromatic rings. The van der Waals surface area contributed by atoms with E-state index in [-0.39, 0.29) is 37.3 Å². The molecule has 0 bridgehead atoms. The van der Waals surface area contributed by atoms with Crippen LogP contribution in [0.25, 0.3) is 27.6 Å². The number of hydrogen-bond acceptors (Lipinski definition) is 5. The van der Waals surface area contributed by atoms with Gasteiger partial charge in [0.1, 0.15) is 22.9 Å². The summed E-state index contributed by atoms with van der Waals surface area (Å²) < 4.78 is 15.8. The third-order valence-electron chi connectivity index (χ3n) is 11.9. The van der Waals surface area contributed by atoms with Crippen molar-refractivity contribution in [1.29, 1.82) is 0 Å². The minimum absolute atomic E-state index is 0. The van der Waals surface area contributed by atoms with Crippen molar-refractivity contribution < 1.29 is 30.5 Å². The van der Waals surface area contributed by atoms with E-state index in [1.54, 1.807) is 0 Å². The van der Waals surface area contributed by atoms with Gasteiger partial charge in [-0.3, -0.25) is 4.99 Å². The molecule has 8 rings (SSSR count). The molecule has 7 heteroatoms. The maximum atomic E-state index is 6.91. The summed E-state index contributed by atoms with van der Waals surface area (Å²) in [5, 5.41) is 2.24. The van der Waals surface area contributed by atoms with Gasteiger partial charge in [0.15, 0.2) is 0 Å². The zero-order valence-electron chi connectivity index (χ0n) is 32.8. The van der Waals surface area contributed by atoms with Crippen molar-refractivity contribution in [2.24, 2.45) is 4.99 Å². The Hall–Kier alpha value is -4.28. The largest absolute Gasteiger partial charge is 2.00 e. The quantitative estimate of drug-likeness (QED) is 0.166. The molecule has 0 amide bonds. The van der Waals surface area contributed by atoms with Crippen molar-refractivity contribution >= 4 is 27.7 Å². The predicted octanol–water partition coefficient (Wildman–Crippen LogP) is 10.9. The van der Waals surface area contributed by atoms with Gasteiger partial charge < -0.3 is 19.0 Å². The van der Waals surface area contributed by atoms with Gasteiger partial charge in [-0.15, -0.1) is 17.5 Å². The van der Waals surface area contributed by atoms with Crippen LogP contribution in [0.2, 0.25) is 0 Å². The van der Waals surface area contributed by atoms with Crippen LogP contribution in [0.5, 0.6) is 11.5 Å². The van der Waals surface area contributed by atoms with Crippen molar-refractivity contribution in [3.8, 4) is 17.3 Å². The minimum Gasteiger partial charge on any atom is -0.510 e. The molecule has 6 nitrogen and oxygen atoms in total. The molecule has 0 spiro atoms. The molecule has 0 saturated heterocycles. The van der Waals surface area contributed by atoms with Gasteiger partial charge in [0.05, 0.1) is 5.75 Å². The third kappa shape index (κ3) is 5.50. The van der Waals surface area contributed by atoms with Crippen molar-refractivity contribution in [2.45, 2.75) is 110 Å². The molecular formula is C46H48N4O2Pt. The van der Waals surface area contributed by atoms with Crippen LogP contribution in [-0.2, 0) is 47.6 Å². The second-order valence-electron chi connectivity index (χ2n) is 17.6. The van der Waals surface area contributed by atoms with Crippen LogP contribution < -0.4 is 4.74 Å². The first-order chi connectivity index (χ1) is 24.3. The molecular weight excluding hydrogens is 836 g/mol. The molecule has 274 valence electrons. The number of fused-ring (bicyclic) bond motifs is 6. The fourth-order valence-corrected chi connectivity index (χ4v) is 8.26. The Morgan fingerprint density at radius 2 is 1.43 bits per heavy atom. The van der Waals surface area contributed by atoms with Crippen LogP contribution in [-0.4, -0.2) is 26.0 Å². The summed E-state index contributed by atoms with van der Waals surface area (Å²) >= 11 is 0. The monoisotopic (exact) mass is 883 g/mol. The van der Waals surface area contributed by atoms with Gasteiger partial charge in [-0.2, -0.15) is 6.07 Å². The topological polar surface area (TPSA) is 61.5 Å². The summed E-state index contributed by atoms with van der Waals surface area (Å²) in [6, 6.07) is 30.9. The number of pyridine rings is 2. The van der Waals surface area contributed by atoms with Crippen molar-refractivity contribution in [1.82, 2.24) is 14.5 Å². The smallest absolute Gasteiger partial charge is 0.510 e. The summed E-state index contributed by atoms with van der Waals surface area (Å²) in [4.78, 5) is 15.1. The Morgan fingerprint density at radius 3 is 2.13 bits per heavy atom. The predicted molar refractivity (Wildman–Crippen MR) is 210 cm³/mol. The minimum atomic E-state index is -0.595. The van der Waals surface area contributed by atoms with E-state index in [1.807, 2.05) is 26.1 Å². The van der Waals surface area contributed by atoms with Crippen molar-refractivity contribution in [2.75, 3.05) is 0 Å². The van der Waals surface area contributed by atoms with E-state index in [0.717, 1.165) is 39.0 Å². The third-order valence-corrected chi connectivity index (χ3v) is 11.9. The number of aromatic nitrogens is 3. The van der Waals surface area contributed by atoms with E-state index in [9.17, 15) is 0 Å². The number of benzene rings is 3. The van der Waals surface area contributed by atoms with Gasteiger partial charge in [-0.05, 0) is 81.9 Å². The second kappa shape index (κ2) is 12.1. The maximum absolute atomic E-state index is 6.91. The zero-order chi connectivity index (χ0) is 37.2. The molecule has 0 unspecified atom stereocenters. The van der Waals surface area contributed by atoms with Crippen molar-refractivity contribution in [3.63, 3.8) is 0 Å². The van der Waals surface area contributed by atoms with Crippen LogP contribution in [0.1, 0.15) is 108 Å². The van der Waals surface area contributed by atoms with Gasteiger partial charge in [-0.25, -0.2) is 4.98 Å². The van der Waals surface area contributed by atoms with Crippen LogP contribution in [0.3, 0.4) is 0 Å². The van der Waals surface area contributed by atoms with E-state index in [4.69, 9.17) is 24.4 Å². The Bertz CT molecular complexity index is 2480. The fourth-order valence-electron chi connectivity index (χ4n) is 8.26. The zero-order valence-corrected chi connectivity index (χ0v) is 35.1. The fraction of sp³-hybridized carbons (Fsp3) is 0.370. The Morgan fingerprint density at radius 1 is 0.755 bits per heavy atom. The average molecular weight is 884 g/mol. The Labute approximate surface area is 328 Å². The van der Waals surface area contributed by atoms with Gasteiger partial charge in [0, 0.05) is 22.9 Å². The van der Waals surface area contributed by atoms with Gasteiger partial charge >= 0.3 is 21.1 Å². The molecule has 0 fully saturated rings. The van der Waals surface area contributed by atoms with E-state index < -0.39 is 11.1 Å². The molecule has 3 aromatic carbocycles. The normalized spacial score (nSPS) is 20.5. The molecule has 0 saturated carbocycles. The molecule has 0 radical (unpaired) electrons. The number of ether oxygens (including phenoxy) is 2. The van der Waals surface area contributed by atoms with Crippen LogP contribution >= 0.6 is 0 Å². The van der Waals surface area contributed by atoms with Crippen LogP contribution in [0.4, 0.5) is 0 Å². The first-order valence-corrected chi connectivity index (χ1v) is 18.3. The number of nitrogens with zero attached hydrogens (tertiary/aromatic N) is 4. The molecule has 2 aliphatic rings. The van der Waals surface area contributed by atoms with Gasteiger partial charge in [0.25, 0.3) is 0 Å². The van der Waals surface area contributed by atoms with E-state index in [2.05, 4.69) is 147 Å². The second-order valence-corrected chi connectivity index (χ2v) is 17.6. The SMILES string of the molecule is Cc1nc(C)c(C2=N[C@]3(C)c4ccccc4C(C)(C)[C@]3(C)O2)[c-]c1Oc1[c-]c2c(cc1)c1cc(C(C)(C)C)ccc1n2-c1cc(C(C)(C)C)ccn1.[Pt+2]. The van der Waals surface area contributed by atoms with E-state index in [1.165, 1.54) is 22.3 Å². The number of aryl methyl sites for hydroxylation is 2. The Balaban J connectivity index is 0.00000435. The van der Waals surface area contributed by atoms with Crippen LogP contribution in [0.15, 0.2) is 77.9 Å². The molecule has 4 heterocycles. The van der Waals surface area contributed by atoms with Gasteiger partial charge in [0.2, 0.25) is 0 Å². The summed E-state index contributed by atoms with van der Waals surface area (Å²) in [5.74, 6) is 2.47. The van der Waals surface area contributed by atoms with Crippen molar-refractivity contribution in [3.05, 3.63) is 124 Å². The van der Waals surface area contributed by atoms with Gasteiger partial charge in [-0.1, -0.05) is 123 Å². The summed E-state index contributed by atoms with van der Waals surface area (Å²) in [6.07, 6.45) is 1.90. The van der Waals surface area contributed by atoms with E-state index >= 15 is 0 Å². The average Bonchev–Trinajstić information content (AvgIpc) is 3.60. The number of aliphatic imine (C=N–C) groups is 1.